The van der Waals surface area contributed by atoms with E-state index in [1.54, 1.807) is 7.11 Å². The van der Waals surface area contributed by atoms with Crippen molar-refractivity contribution in [2.75, 3.05) is 40.5 Å². The minimum absolute atomic E-state index is 0.317. The second-order valence-electron chi connectivity index (χ2n) is 5.25. The Bertz CT molecular complexity index is 411. The van der Waals surface area contributed by atoms with Crippen LogP contribution in [-0.2, 0) is 4.74 Å². The highest BCUT2D eigenvalue weighted by molar-refractivity contribution is 5.30. The van der Waals surface area contributed by atoms with Gasteiger partial charge in [0.2, 0.25) is 0 Å². The van der Waals surface area contributed by atoms with E-state index in [9.17, 15) is 0 Å². The first-order valence-corrected chi connectivity index (χ1v) is 7.41. The first-order chi connectivity index (χ1) is 9.78. The fourth-order valence-corrected chi connectivity index (χ4v) is 2.76. The molecule has 2 atom stereocenters. The van der Waals surface area contributed by atoms with Crippen molar-refractivity contribution < 1.29 is 9.47 Å². The van der Waals surface area contributed by atoms with Crippen molar-refractivity contribution in [3.05, 3.63) is 29.8 Å². The molecule has 0 aliphatic carbocycles. The standard InChI is InChI=1S/C16H26N2O2/c1-4-14-12-20-9-8-18(14)11-16(17-2)13-6-5-7-15(10-13)19-3/h5-7,10,14,16-17H,4,8-9,11-12H2,1-3H3. The van der Waals surface area contributed by atoms with Crippen LogP contribution >= 0.6 is 0 Å². The van der Waals surface area contributed by atoms with Crippen LogP contribution in [0.25, 0.3) is 0 Å². The Hall–Kier alpha value is -1.10. The van der Waals surface area contributed by atoms with E-state index in [0.717, 1.165) is 38.5 Å². The molecule has 112 valence electrons. The van der Waals surface area contributed by atoms with Gasteiger partial charge in [-0.3, -0.25) is 4.90 Å². The zero-order valence-corrected chi connectivity index (χ0v) is 12.8. The predicted molar refractivity (Wildman–Crippen MR) is 81.3 cm³/mol. The summed E-state index contributed by atoms with van der Waals surface area (Å²) < 4.78 is 10.9. The maximum Gasteiger partial charge on any atom is 0.119 e. The van der Waals surface area contributed by atoms with Crippen molar-refractivity contribution in [3.63, 3.8) is 0 Å². The molecule has 20 heavy (non-hydrogen) atoms. The Balaban J connectivity index is 2.07. The monoisotopic (exact) mass is 278 g/mol. The average Bonchev–Trinajstić information content (AvgIpc) is 2.53. The summed E-state index contributed by atoms with van der Waals surface area (Å²) in [7, 11) is 3.73. The molecular weight excluding hydrogens is 252 g/mol. The summed E-state index contributed by atoms with van der Waals surface area (Å²) in [6.07, 6.45) is 1.13. The van der Waals surface area contributed by atoms with E-state index in [4.69, 9.17) is 9.47 Å². The number of ether oxygens (including phenoxy) is 2. The molecule has 0 aromatic heterocycles. The number of nitrogens with zero attached hydrogens (tertiary/aromatic N) is 1. The highest BCUT2D eigenvalue weighted by Gasteiger charge is 2.24. The number of hydrogen-bond acceptors (Lipinski definition) is 4. The fraction of sp³-hybridized carbons (Fsp3) is 0.625. The van der Waals surface area contributed by atoms with E-state index in [2.05, 4.69) is 35.3 Å². The summed E-state index contributed by atoms with van der Waals surface area (Å²) in [5.74, 6) is 0.914. The van der Waals surface area contributed by atoms with Crippen molar-refractivity contribution >= 4 is 0 Å². The van der Waals surface area contributed by atoms with E-state index >= 15 is 0 Å². The minimum atomic E-state index is 0.317. The lowest BCUT2D eigenvalue weighted by atomic mass is 10.0. The van der Waals surface area contributed by atoms with Crippen molar-refractivity contribution in [2.45, 2.75) is 25.4 Å². The third-order valence-electron chi connectivity index (χ3n) is 4.08. The van der Waals surface area contributed by atoms with Crippen LogP contribution in [0.2, 0.25) is 0 Å². The van der Waals surface area contributed by atoms with Gasteiger partial charge in [-0.2, -0.15) is 0 Å². The Kier molecular flexibility index (Phi) is 5.83. The third-order valence-corrected chi connectivity index (χ3v) is 4.08. The molecule has 1 aliphatic rings. The largest absolute Gasteiger partial charge is 0.497 e. The highest BCUT2D eigenvalue weighted by Crippen LogP contribution is 2.22. The number of methoxy groups -OCH3 is 1. The number of rotatable bonds is 6. The van der Waals surface area contributed by atoms with E-state index in [-0.39, 0.29) is 0 Å². The van der Waals surface area contributed by atoms with Gasteiger partial charge in [0.15, 0.2) is 0 Å². The Morgan fingerprint density at radius 2 is 2.35 bits per heavy atom. The summed E-state index contributed by atoms with van der Waals surface area (Å²) >= 11 is 0. The number of likely N-dealkylation sites (N-methyl/N-ethyl adjacent to an activating group) is 1. The molecule has 4 nitrogen and oxygen atoms in total. The molecule has 4 heteroatoms. The molecule has 1 aromatic carbocycles. The van der Waals surface area contributed by atoms with Crippen molar-refractivity contribution in [1.29, 1.82) is 0 Å². The SMILES string of the molecule is CCC1COCCN1CC(NC)c1cccc(OC)c1. The number of morpholine rings is 1. The maximum absolute atomic E-state index is 5.58. The van der Waals surface area contributed by atoms with Gasteiger partial charge in [-0.1, -0.05) is 19.1 Å². The molecular formula is C16H26N2O2. The lowest BCUT2D eigenvalue weighted by Crippen LogP contribution is -2.48. The molecule has 1 saturated heterocycles. The summed E-state index contributed by atoms with van der Waals surface area (Å²) in [5.41, 5.74) is 1.27. The molecule has 0 amide bonds. The van der Waals surface area contributed by atoms with Crippen molar-refractivity contribution in [3.8, 4) is 5.75 Å². The molecule has 2 rings (SSSR count). The first-order valence-electron chi connectivity index (χ1n) is 7.41. The summed E-state index contributed by atoms with van der Waals surface area (Å²) in [6, 6.07) is 9.16. The predicted octanol–water partition coefficient (Wildman–Crippen LogP) is 2.07. The Morgan fingerprint density at radius 1 is 1.50 bits per heavy atom. The molecule has 1 aliphatic heterocycles. The second kappa shape index (κ2) is 7.62. The summed E-state index contributed by atoms with van der Waals surface area (Å²) in [6.45, 7) is 5.94. The molecule has 1 N–H and O–H groups in total. The second-order valence-corrected chi connectivity index (χ2v) is 5.25. The molecule has 0 spiro atoms. The van der Waals surface area contributed by atoms with E-state index in [1.165, 1.54) is 5.56 Å². The van der Waals surface area contributed by atoms with Crippen LogP contribution in [0.3, 0.4) is 0 Å². The van der Waals surface area contributed by atoms with Gasteiger partial charge >= 0.3 is 0 Å². The van der Waals surface area contributed by atoms with Gasteiger partial charge in [-0.05, 0) is 31.2 Å². The minimum Gasteiger partial charge on any atom is -0.497 e. The average molecular weight is 278 g/mol. The molecule has 0 saturated carbocycles. The summed E-state index contributed by atoms with van der Waals surface area (Å²) in [4.78, 5) is 2.53. The normalized spacial score (nSPS) is 21.6. The quantitative estimate of drug-likeness (QED) is 0.863. The first kappa shape index (κ1) is 15.3. The van der Waals surface area contributed by atoms with Gasteiger partial charge in [0.05, 0.1) is 20.3 Å². The van der Waals surface area contributed by atoms with Crippen molar-refractivity contribution in [2.24, 2.45) is 0 Å². The molecule has 1 heterocycles. The molecule has 1 fully saturated rings. The van der Waals surface area contributed by atoms with Gasteiger partial charge in [0.25, 0.3) is 0 Å². The molecule has 2 unspecified atom stereocenters. The lowest BCUT2D eigenvalue weighted by molar-refractivity contribution is -0.0124. The van der Waals surface area contributed by atoms with Crippen LogP contribution in [0.15, 0.2) is 24.3 Å². The lowest BCUT2D eigenvalue weighted by Gasteiger charge is -2.37. The Morgan fingerprint density at radius 3 is 3.05 bits per heavy atom. The van der Waals surface area contributed by atoms with Crippen LogP contribution in [-0.4, -0.2) is 51.4 Å². The van der Waals surface area contributed by atoms with Crippen LogP contribution < -0.4 is 10.1 Å². The molecule has 1 aromatic rings. The van der Waals surface area contributed by atoms with Crippen LogP contribution in [0.5, 0.6) is 5.75 Å². The van der Waals surface area contributed by atoms with E-state index in [0.29, 0.717) is 12.1 Å². The smallest absolute Gasteiger partial charge is 0.119 e. The van der Waals surface area contributed by atoms with Gasteiger partial charge in [0, 0.05) is 25.2 Å². The molecule has 0 radical (unpaired) electrons. The zero-order valence-electron chi connectivity index (χ0n) is 12.8. The summed E-state index contributed by atoms with van der Waals surface area (Å²) in [5, 5.41) is 3.42. The fourth-order valence-electron chi connectivity index (χ4n) is 2.76. The van der Waals surface area contributed by atoms with Crippen LogP contribution in [0, 0.1) is 0 Å². The van der Waals surface area contributed by atoms with E-state index < -0.39 is 0 Å². The number of nitrogens with one attached hydrogen (secondary N) is 1. The number of benzene rings is 1. The number of hydrogen-bond donors (Lipinski definition) is 1. The molecule has 0 bridgehead atoms. The van der Waals surface area contributed by atoms with Gasteiger partial charge in [-0.25, -0.2) is 0 Å². The van der Waals surface area contributed by atoms with Crippen LogP contribution in [0.1, 0.15) is 24.9 Å². The van der Waals surface area contributed by atoms with Gasteiger partial charge < -0.3 is 14.8 Å². The van der Waals surface area contributed by atoms with Crippen LogP contribution in [0.4, 0.5) is 0 Å². The topological polar surface area (TPSA) is 33.7 Å². The third kappa shape index (κ3) is 3.72. The van der Waals surface area contributed by atoms with E-state index in [1.807, 2.05) is 13.1 Å². The van der Waals surface area contributed by atoms with Crippen molar-refractivity contribution in [1.82, 2.24) is 10.2 Å². The van der Waals surface area contributed by atoms with Gasteiger partial charge in [0.1, 0.15) is 5.75 Å². The van der Waals surface area contributed by atoms with Gasteiger partial charge in [-0.15, -0.1) is 0 Å². The maximum atomic E-state index is 5.58. The highest BCUT2D eigenvalue weighted by atomic mass is 16.5. The Labute approximate surface area is 122 Å². The zero-order chi connectivity index (χ0) is 14.4.